The van der Waals surface area contributed by atoms with Crippen LogP contribution in [0.25, 0.3) is 33.3 Å². The zero-order valence-electron chi connectivity index (χ0n) is 29.0. The van der Waals surface area contributed by atoms with E-state index < -0.39 is 41.7 Å². The Morgan fingerprint density at radius 3 is 1.98 bits per heavy atom. The van der Waals surface area contributed by atoms with Crippen molar-refractivity contribution in [2.45, 2.75) is 50.5 Å². The molecule has 54 heavy (non-hydrogen) atoms. The van der Waals surface area contributed by atoms with Crippen molar-refractivity contribution in [3.05, 3.63) is 143 Å². The number of hydrogen-bond donors (Lipinski definition) is 2. The van der Waals surface area contributed by atoms with Crippen LogP contribution in [0.5, 0.6) is 0 Å². The first-order valence-corrected chi connectivity index (χ1v) is 17.4. The lowest BCUT2D eigenvalue weighted by Gasteiger charge is -2.31. The first-order chi connectivity index (χ1) is 25.8. The van der Waals surface area contributed by atoms with Crippen molar-refractivity contribution >= 4 is 28.5 Å². The van der Waals surface area contributed by atoms with Crippen LogP contribution in [0.1, 0.15) is 52.1 Å². The van der Waals surface area contributed by atoms with Crippen molar-refractivity contribution in [3.8, 4) is 22.3 Å². The summed E-state index contributed by atoms with van der Waals surface area (Å²) in [6, 6.07) is 31.3. The Kier molecular flexibility index (Phi) is 9.55. The Labute approximate surface area is 306 Å². The van der Waals surface area contributed by atoms with Gasteiger partial charge in [-0.1, -0.05) is 78.9 Å². The molecule has 0 unspecified atom stereocenters. The number of hydrogen-bond acceptors (Lipinski definition) is 3. The Morgan fingerprint density at radius 1 is 0.741 bits per heavy atom. The number of nitrogens with one attached hydrogen (secondary N) is 2. The van der Waals surface area contributed by atoms with Crippen molar-refractivity contribution in [1.29, 1.82) is 0 Å². The lowest BCUT2D eigenvalue weighted by molar-refractivity contribution is -0.141. The highest BCUT2D eigenvalue weighted by molar-refractivity contribution is 6.09. The number of unbranched alkanes of at least 4 members (excludes halogenated alkanes) is 1. The largest absolute Gasteiger partial charge is 0.416 e. The van der Waals surface area contributed by atoms with Crippen LogP contribution in [-0.4, -0.2) is 34.1 Å². The number of alkyl halides is 6. The topological polar surface area (TPSA) is 76.0 Å². The Hall–Kier alpha value is -5.91. The first kappa shape index (κ1) is 36.4. The molecule has 0 saturated carbocycles. The van der Waals surface area contributed by atoms with Crippen molar-refractivity contribution in [3.63, 3.8) is 0 Å². The normalized spacial score (nSPS) is 13.4. The molecule has 12 heteroatoms. The SMILES string of the molecule is Cc1nc2cc(NC(=O)c3ccccc3-c3ccc(C(F)(F)F)cc3)ccc2n1CCCCC1(C(=O)NCC(F)(F)F)c2ccccc2-c2ccccc21. The Bertz CT molecular complexity index is 2320. The van der Waals surface area contributed by atoms with E-state index in [1.165, 1.54) is 12.1 Å². The number of rotatable bonds is 10. The summed E-state index contributed by atoms with van der Waals surface area (Å²) in [5, 5.41) is 5.06. The standard InChI is InChI=1S/C42H34F6N4O2/c1-26-50-36-24-29(51-38(53)33-13-3-2-10-30(33)27-16-18-28(19-17-27)42(46,47)48)20-21-37(36)52(26)23-9-8-22-40(39(54)49-25-41(43,44)45)34-14-6-4-11-31(34)32-12-5-7-15-35(32)40/h2-7,10-21,24H,8-9,22-23,25H2,1H3,(H,49,54)(H,51,53). The third-order valence-corrected chi connectivity index (χ3v) is 9.98. The van der Waals surface area contributed by atoms with E-state index in [1.54, 1.807) is 48.5 Å². The number of carbonyl (C=O) groups is 2. The molecule has 1 aromatic heterocycles. The van der Waals surface area contributed by atoms with E-state index in [9.17, 15) is 35.9 Å². The van der Waals surface area contributed by atoms with E-state index in [0.29, 0.717) is 59.3 Å². The second kappa shape index (κ2) is 14.1. The number of amides is 2. The molecule has 0 saturated heterocycles. The van der Waals surface area contributed by atoms with Gasteiger partial charge in [0.05, 0.1) is 16.6 Å². The summed E-state index contributed by atoms with van der Waals surface area (Å²) in [5.41, 5.74) is 4.12. The fourth-order valence-electron chi connectivity index (χ4n) is 7.52. The van der Waals surface area contributed by atoms with Crippen LogP contribution in [-0.2, 0) is 22.9 Å². The van der Waals surface area contributed by atoms with E-state index in [-0.39, 0.29) is 5.56 Å². The van der Waals surface area contributed by atoms with E-state index in [0.717, 1.165) is 34.6 Å². The van der Waals surface area contributed by atoms with Gasteiger partial charge in [-0.2, -0.15) is 26.3 Å². The highest BCUT2D eigenvalue weighted by Crippen LogP contribution is 2.51. The molecule has 1 heterocycles. The molecule has 0 aliphatic heterocycles. The van der Waals surface area contributed by atoms with Gasteiger partial charge in [0.25, 0.3) is 5.91 Å². The Balaban J connectivity index is 1.07. The van der Waals surface area contributed by atoms with Gasteiger partial charge < -0.3 is 15.2 Å². The fourth-order valence-corrected chi connectivity index (χ4v) is 7.52. The number of imidazole rings is 1. The zero-order chi connectivity index (χ0) is 38.3. The number of aryl methyl sites for hydroxylation is 2. The van der Waals surface area contributed by atoms with Crippen LogP contribution in [0.2, 0.25) is 0 Å². The van der Waals surface area contributed by atoms with E-state index >= 15 is 0 Å². The second-order valence-corrected chi connectivity index (χ2v) is 13.3. The number of aromatic nitrogens is 2. The summed E-state index contributed by atoms with van der Waals surface area (Å²) in [6.45, 7) is 0.957. The average Bonchev–Trinajstić information content (AvgIpc) is 3.62. The minimum absolute atomic E-state index is 0.288. The minimum Gasteiger partial charge on any atom is -0.346 e. The number of nitrogens with zero attached hydrogens (tertiary/aromatic N) is 2. The summed E-state index contributed by atoms with van der Waals surface area (Å²) in [5.74, 6) is -0.405. The zero-order valence-corrected chi connectivity index (χ0v) is 29.0. The maximum Gasteiger partial charge on any atom is 0.416 e. The average molecular weight is 741 g/mol. The predicted octanol–water partition coefficient (Wildman–Crippen LogP) is 10.1. The Morgan fingerprint density at radius 2 is 1.35 bits per heavy atom. The monoisotopic (exact) mass is 740 g/mol. The van der Waals surface area contributed by atoms with Gasteiger partial charge in [-0.05, 0) is 96.0 Å². The number of anilines is 1. The quantitative estimate of drug-likeness (QED) is 0.108. The molecule has 0 atom stereocenters. The maximum atomic E-state index is 13.8. The lowest BCUT2D eigenvalue weighted by atomic mass is 9.73. The molecule has 5 aromatic carbocycles. The summed E-state index contributed by atoms with van der Waals surface area (Å²) >= 11 is 0. The van der Waals surface area contributed by atoms with Gasteiger partial charge in [-0.15, -0.1) is 0 Å². The number of halogens is 6. The molecule has 2 amide bonds. The van der Waals surface area contributed by atoms with E-state index in [1.807, 2.05) is 54.0 Å². The molecule has 7 rings (SSSR count). The van der Waals surface area contributed by atoms with Gasteiger partial charge >= 0.3 is 12.4 Å². The minimum atomic E-state index is -4.56. The van der Waals surface area contributed by atoms with Crippen molar-refractivity contribution < 1.29 is 35.9 Å². The van der Waals surface area contributed by atoms with Crippen LogP contribution in [0.3, 0.4) is 0 Å². The molecule has 0 bridgehead atoms. The highest BCUT2D eigenvalue weighted by Gasteiger charge is 2.49. The summed E-state index contributed by atoms with van der Waals surface area (Å²) < 4.78 is 81.2. The smallest absolute Gasteiger partial charge is 0.346 e. The summed E-state index contributed by atoms with van der Waals surface area (Å²) in [4.78, 5) is 32.0. The van der Waals surface area contributed by atoms with Crippen LogP contribution < -0.4 is 10.6 Å². The number of carbonyl (C=O) groups excluding carboxylic acids is 2. The number of benzene rings is 5. The third kappa shape index (κ3) is 6.95. The molecule has 0 spiro atoms. The van der Waals surface area contributed by atoms with E-state index in [2.05, 4.69) is 10.6 Å². The van der Waals surface area contributed by atoms with Crippen LogP contribution in [0.4, 0.5) is 32.0 Å². The molecule has 6 aromatic rings. The molecule has 0 radical (unpaired) electrons. The maximum absolute atomic E-state index is 13.8. The second-order valence-electron chi connectivity index (χ2n) is 13.3. The number of fused-ring (bicyclic) bond motifs is 4. The van der Waals surface area contributed by atoms with Gasteiger partial charge in [-0.3, -0.25) is 9.59 Å². The van der Waals surface area contributed by atoms with Crippen LogP contribution in [0, 0.1) is 6.92 Å². The predicted molar refractivity (Wildman–Crippen MR) is 195 cm³/mol. The fraction of sp³-hybridized carbons (Fsp3) is 0.214. The lowest BCUT2D eigenvalue weighted by Crippen LogP contribution is -2.47. The molecule has 2 N–H and O–H groups in total. The third-order valence-electron chi connectivity index (χ3n) is 9.98. The van der Waals surface area contributed by atoms with Gasteiger partial charge in [0.15, 0.2) is 0 Å². The van der Waals surface area contributed by atoms with E-state index in [4.69, 9.17) is 4.98 Å². The molecule has 276 valence electrons. The molecule has 0 fully saturated rings. The molecular formula is C42H34F6N4O2. The molecular weight excluding hydrogens is 706 g/mol. The van der Waals surface area contributed by atoms with Gasteiger partial charge in [0.1, 0.15) is 17.8 Å². The van der Waals surface area contributed by atoms with Gasteiger partial charge in [-0.25, -0.2) is 4.98 Å². The molecule has 1 aliphatic carbocycles. The van der Waals surface area contributed by atoms with Crippen molar-refractivity contribution in [2.75, 3.05) is 11.9 Å². The van der Waals surface area contributed by atoms with Gasteiger partial charge in [0.2, 0.25) is 5.91 Å². The summed E-state index contributed by atoms with van der Waals surface area (Å²) in [7, 11) is 0. The first-order valence-electron chi connectivity index (χ1n) is 17.4. The summed E-state index contributed by atoms with van der Waals surface area (Å²) in [6.07, 6.45) is -7.62. The highest BCUT2D eigenvalue weighted by atomic mass is 19.4. The molecule has 1 aliphatic rings. The van der Waals surface area contributed by atoms with Gasteiger partial charge in [0, 0.05) is 17.8 Å². The van der Waals surface area contributed by atoms with Crippen LogP contribution in [0.15, 0.2) is 115 Å². The van der Waals surface area contributed by atoms with Crippen molar-refractivity contribution in [1.82, 2.24) is 14.9 Å². The molecule has 6 nitrogen and oxygen atoms in total. The van der Waals surface area contributed by atoms with Crippen molar-refractivity contribution in [2.24, 2.45) is 0 Å². The van der Waals surface area contributed by atoms with Crippen LogP contribution >= 0.6 is 0 Å².